The molecule has 2 rings (SSSR count). The number of aromatic nitrogens is 3. The lowest BCUT2D eigenvalue weighted by molar-refractivity contribution is 0.292. The fraction of sp³-hybridized carbons (Fsp3) is 0.438. The van der Waals surface area contributed by atoms with E-state index in [4.69, 9.17) is 4.74 Å². The Hall–Kier alpha value is -2.17. The van der Waals surface area contributed by atoms with E-state index in [9.17, 15) is 0 Å². The quantitative estimate of drug-likeness (QED) is 0.882. The highest BCUT2D eigenvalue weighted by Gasteiger charge is 2.11. The third-order valence-electron chi connectivity index (χ3n) is 3.01. The Morgan fingerprint density at radius 3 is 2.57 bits per heavy atom. The van der Waals surface area contributed by atoms with Crippen LogP contribution in [0.5, 0.6) is 6.01 Å². The molecule has 0 atom stereocenters. The van der Waals surface area contributed by atoms with Gasteiger partial charge in [-0.05, 0) is 32.8 Å². The maximum atomic E-state index is 5.57. The molecule has 0 aliphatic carbocycles. The van der Waals surface area contributed by atoms with Crippen molar-refractivity contribution in [3.63, 3.8) is 0 Å². The monoisotopic (exact) mass is 286 g/mol. The highest BCUT2D eigenvalue weighted by molar-refractivity contribution is 5.61. The molecule has 21 heavy (non-hydrogen) atoms. The lowest BCUT2D eigenvalue weighted by Gasteiger charge is -2.10. The zero-order valence-electron chi connectivity index (χ0n) is 13.1. The topological polar surface area (TPSA) is 59.9 Å². The maximum absolute atomic E-state index is 5.57. The molecule has 2 aromatic rings. The summed E-state index contributed by atoms with van der Waals surface area (Å²) in [6.07, 6.45) is 0.918. The van der Waals surface area contributed by atoms with Gasteiger partial charge in [0.15, 0.2) is 5.82 Å². The zero-order chi connectivity index (χ0) is 15.2. The normalized spacial score (nSPS) is 10.5. The van der Waals surface area contributed by atoms with Crippen LogP contribution in [0.4, 0.5) is 5.95 Å². The molecule has 112 valence electrons. The SMILES string of the molecule is CCCOc1nc(NCC)nc(-c2ccc(C)cc2C)n1. The van der Waals surface area contributed by atoms with E-state index in [1.165, 1.54) is 5.56 Å². The first-order valence-corrected chi connectivity index (χ1v) is 7.34. The Balaban J connectivity index is 2.43. The first-order chi connectivity index (χ1) is 10.1. The second-order valence-corrected chi connectivity index (χ2v) is 4.96. The van der Waals surface area contributed by atoms with Crippen molar-refractivity contribution in [3.05, 3.63) is 29.3 Å². The molecular weight excluding hydrogens is 264 g/mol. The lowest BCUT2D eigenvalue weighted by atomic mass is 10.1. The Morgan fingerprint density at radius 2 is 1.90 bits per heavy atom. The molecule has 0 unspecified atom stereocenters. The van der Waals surface area contributed by atoms with Gasteiger partial charge in [-0.15, -0.1) is 0 Å². The molecule has 0 amide bonds. The molecule has 1 aromatic carbocycles. The predicted molar refractivity (Wildman–Crippen MR) is 84.7 cm³/mol. The molecule has 1 aromatic heterocycles. The second-order valence-electron chi connectivity index (χ2n) is 4.96. The van der Waals surface area contributed by atoms with Gasteiger partial charge < -0.3 is 10.1 Å². The molecule has 0 aliphatic rings. The minimum absolute atomic E-state index is 0.373. The number of ether oxygens (including phenoxy) is 1. The van der Waals surface area contributed by atoms with Gasteiger partial charge in [0, 0.05) is 12.1 Å². The van der Waals surface area contributed by atoms with Gasteiger partial charge in [0.05, 0.1) is 6.61 Å². The number of anilines is 1. The average molecular weight is 286 g/mol. The smallest absolute Gasteiger partial charge is 0.321 e. The van der Waals surface area contributed by atoms with Crippen LogP contribution in [0.3, 0.4) is 0 Å². The van der Waals surface area contributed by atoms with E-state index in [0.29, 0.717) is 24.4 Å². The van der Waals surface area contributed by atoms with E-state index in [-0.39, 0.29) is 0 Å². The van der Waals surface area contributed by atoms with E-state index in [2.05, 4.69) is 53.2 Å². The average Bonchev–Trinajstić information content (AvgIpc) is 2.45. The van der Waals surface area contributed by atoms with Crippen LogP contribution in [0, 0.1) is 13.8 Å². The molecule has 5 heteroatoms. The van der Waals surface area contributed by atoms with Gasteiger partial charge in [-0.3, -0.25) is 0 Å². The summed E-state index contributed by atoms with van der Waals surface area (Å²) in [5.41, 5.74) is 3.37. The van der Waals surface area contributed by atoms with Crippen molar-refractivity contribution in [2.45, 2.75) is 34.1 Å². The maximum Gasteiger partial charge on any atom is 0.321 e. The van der Waals surface area contributed by atoms with E-state index < -0.39 is 0 Å². The molecule has 0 saturated heterocycles. The summed E-state index contributed by atoms with van der Waals surface area (Å²) in [5.74, 6) is 1.19. The first-order valence-electron chi connectivity index (χ1n) is 7.34. The molecule has 0 radical (unpaired) electrons. The fourth-order valence-electron chi connectivity index (χ4n) is 2.04. The van der Waals surface area contributed by atoms with Gasteiger partial charge in [0.2, 0.25) is 5.95 Å². The number of hydrogen-bond donors (Lipinski definition) is 1. The fourth-order valence-corrected chi connectivity index (χ4v) is 2.04. The molecule has 0 spiro atoms. The third-order valence-corrected chi connectivity index (χ3v) is 3.01. The number of hydrogen-bond acceptors (Lipinski definition) is 5. The van der Waals surface area contributed by atoms with Gasteiger partial charge in [0.1, 0.15) is 0 Å². The Morgan fingerprint density at radius 1 is 1.10 bits per heavy atom. The van der Waals surface area contributed by atoms with Crippen LogP contribution in [-0.2, 0) is 0 Å². The Kier molecular flexibility index (Phi) is 5.09. The minimum atomic E-state index is 0.373. The predicted octanol–water partition coefficient (Wildman–Crippen LogP) is 3.38. The van der Waals surface area contributed by atoms with Crippen LogP contribution in [0.1, 0.15) is 31.4 Å². The lowest BCUT2D eigenvalue weighted by Crippen LogP contribution is -2.08. The van der Waals surface area contributed by atoms with Crippen molar-refractivity contribution in [3.8, 4) is 17.4 Å². The van der Waals surface area contributed by atoms with Crippen LogP contribution < -0.4 is 10.1 Å². The van der Waals surface area contributed by atoms with Crippen molar-refractivity contribution >= 4 is 5.95 Å². The summed E-state index contributed by atoms with van der Waals surface area (Å²) in [6, 6.07) is 6.60. The second kappa shape index (κ2) is 7.02. The molecular formula is C16H22N4O. The standard InChI is InChI=1S/C16H22N4O/c1-5-9-21-16-19-14(18-15(20-16)17-6-2)13-8-7-11(3)10-12(13)4/h7-8,10H,5-6,9H2,1-4H3,(H,17,18,19,20). The van der Waals surface area contributed by atoms with Gasteiger partial charge in [-0.1, -0.05) is 30.7 Å². The molecule has 0 bridgehead atoms. The van der Waals surface area contributed by atoms with Gasteiger partial charge in [-0.2, -0.15) is 15.0 Å². The van der Waals surface area contributed by atoms with Crippen LogP contribution >= 0.6 is 0 Å². The van der Waals surface area contributed by atoms with Gasteiger partial charge >= 0.3 is 6.01 Å². The van der Waals surface area contributed by atoms with Crippen molar-refractivity contribution in [2.24, 2.45) is 0 Å². The molecule has 1 N–H and O–H groups in total. The molecule has 1 heterocycles. The number of rotatable bonds is 6. The van der Waals surface area contributed by atoms with Crippen molar-refractivity contribution in [2.75, 3.05) is 18.5 Å². The van der Waals surface area contributed by atoms with E-state index in [0.717, 1.165) is 24.1 Å². The highest BCUT2D eigenvalue weighted by atomic mass is 16.5. The van der Waals surface area contributed by atoms with Crippen LogP contribution in [0.25, 0.3) is 11.4 Å². The minimum Gasteiger partial charge on any atom is -0.463 e. The van der Waals surface area contributed by atoms with E-state index in [1.54, 1.807) is 0 Å². The largest absolute Gasteiger partial charge is 0.463 e. The number of aryl methyl sites for hydroxylation is 2. The van der Waals surface area contributed by atoms with E-state index in [1.807, 2.05) is 13.0 Å². The highest BCUT2D eigenvalue weighted by Crippen LogP contribution is 2.23. The summed E-state index contributed by atoms with van der Waals surface area (Å²) in [7, 11) is 0. The van der Waals surface area contributed by atoms with Crippen molar-refractivity contribution in [1.29, 1.82) is 0 Å². The van der Waals surface area contributed by atoms with Crippen molar-refractivity contribution < 1.29 is 4.74 Å². The van der Waals surface area contributed by atoms with E-state index >= 15 is 0 Å². The number of nitrogens with one attached hydrogen (secondary N) is 1. The summed E-state index contributed by atoms with van der Waals surface area (Å²) in [5, 5.41) is 3.12. The van der Waals surface area contributed by atoms with Crippen molar-refractivity contribution in [1.82, 2.24) is 15.0 Å². The zero-order valence-corrected chi connectivity index (χ0v) is 13.1. The Labute approximate surface area is 125 Å². The van der Waals surface area contributed by atoms with Crippen LogP contribution in [0.2, 0.25) is 0 Å². The van der Waals surface area contributed by atoms with Gasteiger partial charge in [0.25, 0.3) is 0 Å². The summed E-state index contributed by atoms with van der Waals surface area (Å²) in [6.45, 7) is 9.55. The molecule has 0 fully saturated rings. The number of benzene rings is 1. The van der Waals surface area contributed by atoms with Gasteiger partial charge in [-0.25, -0.2) is 0 Å². The summed E-state index contributed by atoms with van der Waals surface area (Å²) >= 11 is 0. The van der Waals surface area contributed by atoms with Crippen LogP contribution in [-0.4, -0.2) is 28.1 Å². The molecule has 0 aliphatic heterocycles. The molecule has 0 saturated carbocycles. The molecule has 5 nitrogen and oxygen atoms in total. The number of nitrogens with zero attached hydrogens (tertiary/aromatic N) is 3. The third kappa shape index (κ3) is 3.90. The summed E-state index contributed by atoms with van der Waals surface area (Å²) < 4.78 is 5.57. The summed E-state index contributed by atoms with van der Waals surface area (Å²) in [4.78, 5) is 13.2. The Bertz CT molecular complexity index is 613. The first kappa shape index (κ1) is 15.2. The van der Waals surface area contributed by atoms with Crippen LogP contribution in [0.15, 0.2) is 18.2 Å².